The second-order valence-corrected chi connectivity index (χ2v) is 2.43. The molecule has 0 radical (unpaired) electrons. The van der Waals surface area contributed by atoms with Crippen LogP contribution in [0, 0.1) is 0 Å². The molecule has 0 N–H and O–H groups in total. The van der Waals surface area contributed by atoms with E-state index in [-0.39, 0.29) is 0 Å². The summed E-state index contributed by atoms with van der Waals surface area (Å²) >= 11 is 0. The van der Waals surface area contributed by atoms with Crippen molar-refractivity contribution < 1.29 is 24.3 Å². The molecular weight excluding hydrogens is 176 g/mol. The predicted molar refractivity (Wildman–Crippen MR) is 44.7 cm³/mol. The Kier molecular flexibility index (Phi) is 8.70. The third-order valence-corrected chi connectivity index (χ3v) is 1.16. The van der Waals surface area contributed by atoms with Crippen molar-refractivity contribution in [2.24, 2.45) is 0 Å². The van der Waals surface area contributed by atoms with Gasteiger partial charge in [0.25, 0.3) is 0 Å². The first kappa shape index (κ1) is 12.2. The molecule has 0 unspecified atom stereocenters. The van der Waals surface area contributed by atoms with Crippen LogP contribution in [0.4, 0.5) is 4.79 Å². The molecule has 0 aromatic carbocycles. The Bertz CT molecular complexity index is 126. The molecule has 0 bridgehead atoms. The SMILES string of the molecule is CCCCOOOC(=O)OCCC. The normalized spacial score (nSPS) is 9.69. The van der Waals surface area contributed by atoms with Gasteiger partial charge in [0, 0.05) is 0 Å². The van der Waals surface area contributed by atoms with Crippen molar-refractivity contribution in [2.45, 2.75) is 33.1 Å². The maximum atomic E-state index is 10.6. The predicted octanol–water partition coefficient (Wildman–Crippen LogP) is 2.21. The molecule has 0 amide bonds. The minimum atomic E-state index is -0.877. The van der Waals surface area contributed by atoms with E-state index < -0.39 is 6.16 Å². The van der Waals surface area contributed by atoms with Gasteiger partial charge in [0.15, 0.2) is 0 Å². The van der Waals surface area contributed by atoms with Gasteiger partial charge in [-0.05, 0) is 17.9 Å². The fourth-order valence-corrected chi connectivity index (χ4v) is 0.499. The Balaban J connectivity index is 3.08. The Morgan fingerprint density at radius 2 is 1.92 bits per heavy atom. The molecule has 5 heteroatoms. The number of carbonyl (C=O) groups is 1. The summed E-state index contributed by atoms with van der Waals surface area (Å²) in [5, 5.41) is 4.12. The van der Waals surface area contributed by atoms with Crippen molar-refractivity contribution in [3.8, 4) is 0 Å². The minimum absolute atomic E-state index is 0.317. The molecule has 0 atom stereocenters. The summed E-state index contributed by atoms with van der Waals surface area (Å²) in [5.74, 6) is 0. The van der Waals surface area contributed by atoms with Gasteiger partial charge in [-0.15, -0.1) is 0 Å². The van der Waals surface area contributed by atoms with Crippen molar-refractivity contribution in [1.29, 1.82) is 0 Å². The summed E-state index contributed by atoms with van der Waals surface area (Å²) in [6, 6.07) is 0. The Morgan fingerprint density at radius 1 is 1.15 bits per heavy atom. The monoisotopic (exact) mass is 192 g/mol. The number of ether oxygens (including phenoxy) is 1. The van der Waals surface area contributed by atoms with E-state index in [4.69, 9.17) is 0 Å². The van der Waals surface area contributed by atoms with E-state index in [1.807, 2.05) is 13.8 Å². The van der Waals surface area contributed by atoms with E-state index in [9.17, 15) is 4.79 Å². The first-order chi connectivity index (χ1) is 6.31. The molecule has 0 aliphatic carbocycles. The molecule has 0 saturated carbocycles. The lowest BCUT2D eigenvalue weighted by Gasteiger charge is -2.02. The number of carbonyl (C=O) groups excluding carboxylic acids is 1. The lowest BCUT2D eigenvalue weighted by molar-refractivity contribution is -0.486. The van der Waals surface area contributed by atoms with Crippen molar-refractivity contribution in [3.63, 3.8) is 0 Å². The maximum absolute atomic E-state index is 10.6. The summed E-state index contributed by atoms with van der Waals surface area (Å²) in [6.45, 7) is 4.61. The lowest BCUT2D eigenvalue weighted by Crippen LogP contribution is -2.09. The number of rotatable bonds is 7. The highest BCUT2D eigenvalue weighted by Gasteiger charge is 2.03. The third-order valence-electron chi connectivity index (χ3n) is 1.16. The van der Waals surface area contributed by atoms with Crippen LogP contribution in [0.1, 0.15) is 33.1 Å². The number of hydrogen-bond donors (Lipinski definition) is 0. The topological polar surface area (TPSA) is 54.0 Å². The molecule has 0 spiro atoms. The Morgan fingerprint density at radius 3 is 2.54 bits per heavy atom. The van der Waals surface area contributed by atoms with E-state index in [1.54, 1.807) is 0 Å². The highest BCUT2D eigenvalue weighted by Crippen LogP contribution is 1.92. The number of hydrogen-bond acceptors (Lipinski definition) is 5. The average Bonchev–Trinajstić information content (AvgIpc) is 2.14. The van der Waals surface area contributed by atoms with Crippen molar-refractivity contribution >= 4 is 6.16 Å². The van der Waals surface area contributed by atoms with E-state index in [0.29, 0.717) is 13.2 Å². The third kappa shape index (κ3) is 9.10. The van der Waals surface area contributed by atoms with Gasteiger partial charge in [-0.3, -0.25) is 0 Å². The maximum Gasteiger partial charge on any atom is 0.542 e. The molecule has 0 aliphatic rings. The molecule has 0 fully saturated rings. The van der Waals surface area contributed by atoms with Crippen LogP contribution in [-0.4, -0.2) is 19.4 Å². The quantitative estimate of drug-likeness (QED) is 0.268. The second-order valence-electron chi connectivity index (χ2n) is 2.43. The van der Waals surface area contributed by atoms with Crippen LogP contribution in [0.3, 0.4) is 0 Å². The van der Waals surface area contributed by atoms with Gasteiger partial charge in [-0.25, -0.2) is 9.68 Å². The molecule has 0 rings (SSSR count). The van der Waals surface area contributed by atoms with Crippen LogP contribution in [0.2, 0.25) is 0 Å². The molecule has 13 heavy (non-hydrogen) atoms. The fraction of sp³-hybridized carbons (Fsp3) is 0.875. The molecule has 78 valence electrons. The molecule has 0 heterocycles. The first-order valence-electron chi connectivity index (χ1n) is 4.44. The largest absolute Gasteiger partial charge is 0.542 e. The fourth-order valence-electron chi connectivity index (χ4n) is 0.499. The number of unbranched alkanes of at least 4 members (excludes halogenated alkanes) is 1. The first-order valence-corrected chi connectivity index (χ1v) is 4.44. The van der Waals surface area contributed by atoms with E-state index in [0.717, 1.165) is 19.3 Å². The van der Waals surface area contributed by atoms with Gasteiger partial charge in [-0.2, -0.15) is 4.89 Å². The van der Waals surface area contributed by atoms with Crippen LogP contribution < -0.4 is 0 Å². The van der Waals surface area contributed by atoms with Crippen LogP contribution in [-0.2, 0) is 19.6 Å². The molecular formula is C8H16O5. The summed E-state index contributed by atoms with van der Waals surface area (Å²) in [5.41, 5.74) is 0. The second kappa shape index (κ2) is 9.28. The molecule has 0 aromatic rings. The van der Waals surface area contributed by atoms with Crippen molar-refractivity contribution in [1.82, 2.24) is 0 Å². The zero-order valence-corrected chi connectivity index (χ0v) is 8.08. The summed E-state index contributed by atoms with van der Waals surface area (Å²) in [7, 11) is 0. The van der Waals surface area contributed by atoms with Crippen LogP contribution in [0.15, 0.2) is 0 Å². The van der Waals surface area contributed by atoms with Gasteiger partial charge >= 0.3 is 6.16 Å². The molecule has 0 aromatic heterocycles. The highest BCUT2D eigenvalue weighted by atomic mass is 17.5. The lowest BCUT2D eigenvalue weighted by atomic mass is 10.4. The molecule has 0 aliphatic heterocycles. The van der Waals surface area contributed by atoms with Crippen LogP contribution in [0.5, 0.6) is 0 Å². The van der Waals surface area contributed by atoms with Gasteiger partial charge in [0.05, 0.1) is 13.2 Å². The van der Waals surface area contributed by atoms with Crippen molar-refractivity contribution in [3.05, 3.63) is 0 Å². The zero-order valence-electron chi connectivity index (χ0n) is 8.08. The van der Waals surface area contributed by atoms with E-state index in [1.165, 1.54) is 0 Å². The van der Waals surface area contributed by atoms with Gasteiger partial charge in [0.1, 0.15) is 0 Å². The zero-order chi connectivity index (χ0) is 9.94. The summed E-state index contributed by atoms with van der Waals surface area (Å²) in [4.78, 5) is 19.2. The van der Waals surface area contributed by atoms with Gasteiger partial charge in [-0.1, -0.05) is 20.3 Å². The van der Waals surface area contributed by atoms with Gasteiger partial charge < -0.3 is 4.74 Å². The van der Waals surface area contributed by atoms with Crippen LogP contribution in [0.25, 0.3) is 0 Å². The smallest absolute Gasteiger partial charge is 0.432 e. The molecule has 5 nitrogen and oxygen atoms in total. The van der Waals surface area contributed by atoms with Crippen molar-refractivity contribution in [2.75, 3.05) is 13.2 Å². The minimum Gasteiger partial charge on any atom is -0.432 e. The highest BCUT2D eigenvalue weighted by molar-refractivity contribution is 5.58. The average molecular weight is 192 g/mol. The molecule has 0 saturated heterocycles. The summed E-state index contributed by atoms with van der Waals surface area (Å²) < 4.78 is 4.53. The standard InChI is InChI=1S/C8H16O5/c1-3-5-7-11-13-12-8(9)10-6-4-2/h3-7H2,1-2H3. The van der Waals surface area contributed by atoms with E-state index in [2.05, 4.69) is 19.6 Å². The Labute approximate surface area is 77.8 Å². The Hall–Kier alpha value is -0.810. The summed E-state index contributed by atoms with van der Waals surface area (Å²) in [6.07, 6.45) is 1.71. The van der Waals surface area contributed by atoms with Crippen LogP contribution >= 0.6 is 0 Å². The van der Waals surface area contributed by atoms with E-state index >= 15 is 0 Å². The van der Waals surface area contributed by atoms with Gasteiger partial charge in [0.2, 0.25) is 0 Å².